The maximum absolute atomic E-state index is 13.3. The molecule has 4 heteroatoms. The van der Waals surface area contributed by atoms with Gasteiger partial charge in [-0.25, -0.2) is 0 Å². The fraction of sp³-hybridized carbons (Fsp3) is 0.321. The number of anilines is 1. The van der Waals surface area contributed by atoms with E-state index in [1.165, 1.54) is 37.1 Å². The number of likely N-dealkylation sites (tertiary alicyclic amines) is 1. The summed E-state index contributed by atoms with van der Waals surface area (Å²) in [4.78, 5) is 15.9. The van der Waals surface area contributed by atoms with Gasteiger partial charge in [-0.05, 0) is 79.7 Å². The molecule has 0 unspecified atom stereocenters. The lowest BCUT2D eigenvalue weighted by Crippen LogP contribution is -2.33. The molecule has 1 atom stereocenters. The molecule has 0 aliphatic carbocycles. The molecule has 4 nitrogen and oxygen atoms in total. The highest BCUT2D eigenvalue weighted by Crippen LogP contribution is 2.21. The summed E-state index contributed by atoms with van der Waals surface area (Å²) in [7, 11) is 0. The number of hydrogen-bond donors (Lipinski definition) is 2. The van der Waals surface area contributed by atoms with Crippen molar-refractivity contribution in [2.24, 2.45) is 0 Å². The normalized spacial score (nSPS) is 14.9. The molecule has 166 valence electrons. The molecular weight excluding hydrogens is 394 g/mol. The van der Waals surface area contributed by atoms with Crippen molar-refractivity contribution in [3.8, 4) is 0 Å². The van der Waals surface area contributed by atoms with E-state index in [4.69, 9.17) is 0 Å². The lowest BCUT2D eigenvalue weighted by molar-refractivity contribution is -0.118. The number of benzene rings is 3. The van der Waals surface area contributed by atoms with Crippen molar-refractivity contribution in [3.63, 3.8) is 0 Å². The van der Waals surface area contributed by atoms with Crippen LogP contribution in [0.2, 0.25) is 0 Å². The van der Waals surface area contributed by atoms with Crippen LogP contribution in [0.25, 0.3) is 0 Å². The summed E-state index contributed by atoms with van der Waals surface area (Å²) in [6.07, 6.45) is 2.57. The Morgan fingerprint density at radius 1 is 0.875 bits per heavy atom. The molecule has 0 spiro atoms. The van der Waals surface area contributed by atoms with Gasteiger partial charge in [-0.1, -0.05) is 60.7 Å². The van der Waals surface area contributed by atoms with Crippen molar-refractivity contribution in [3.05, 3.63) is 101 Å². The molecule has 1 amide bonds. The van der Waals surface area contributed by atoms with Crippen molar-refractivity contribution in [2.45, 2.75) is 45.8 Å². The first-order chi connectivity index (χ1) is 15.6. The van der Waals surface area contributed by atoms with Crippen LogP contribution in [0.15, 0.2) is 72.8 Å². The molecule has 3 aromatic rings. The Bertz CT molecular complexity index is 1020. The largest absolute Gasteiger partial charge is 0.324 e. The van der Waals surface area contributed by atoms with Gasteiger partial charge in [-0.15, -0.1) is 0 Å². The lowest BCUT2D eigenvalue weighted by Gasteiger charge is -2.22. The molecule has 4 rings (SSSR count). The molecule has 2 N–H and O–H groups in total. The number of aryl methyl sites for hydroxylation is 2. The van der Waals surface area contributed by atoms with E-state index < -0.39 is 6.04 Å². The van der Waals surface area contributed by atoms with Crippen LogP contribution in [0.5, 0.6) is 0 Å². The van der Waals surface area contributed by atoms with Gasteiger partial charge in [-0.3, -0.25) is 15.0 Å². The van der Waals surface area contributed by atoms with Gasteiger partial charge < -0.3 is 5.32 Å². The first-order valence-electron chi connectivity index (χ1n) is 11.5. The third-order valence-corrected chi connectivity index (χ3v) is 6.09. The summed E-state index contributed by atoms with van der Waals surface area (Å²) in [5.74, 6) is -0.0433. The van der Waals surface area contributed by atoms with E-state index >= 15 is 0 Å². The molecule has 0 aromatic heterocycles. The predicted molar refractivity (Wildman–Crippen MR) is 132 cm³/mol. The van der Waals surface area contributed by atoms with Gasteiger partial charge in [0.1, 0.15) is 6.04 Å². The van der Waals surface area contributed by atoms with Crippen LogP contribution >= 0.6 is 0 Å². The average Bonchev–Trinajstić information content (AvgIpc) is 3.28. The van der Waals surface area contributed by atoms with E-state index in [9.17, 15) is 4.79 Å². The predicted octanol–water partition coefficient (Wildman–Crippen LogP) is 5.37. The molecule has 32 heavy (non-hydrogen) atoms. The van der Waals surface area contributed by atoms with Gasteiger partial charge in [0.2, 0.25) is 5.91 Å². The third kappa shape index (κ3) is 5.84. The molecule has 1 saturated heterocycles. The fourth-order valence-electron chi connectivity index (χ4n) is 4.55. The number of rotatable bonds is 8. The molecule has 1 aliphatic rings. The highest BCUT2D eigenvalue weighted by atomic mass is 16.2. The van der Waals surface area contributed by atoms with E-state index in [2.05, 4.69) is 45.9 Å². The minimum absolute atomic E-state index is 0.0433. The molecule has 1 heterocycles. The number of carbonyl (C=O) groups excluding carboxylic acids is 1. The Kier molecular flexibility index (Phi) is 7.35. The van der Waals surface area contributed by atoms with Crippen LogP contribution in [-0.4, -0.2) is 23.9 Å². The summed E-state index contributed by atoms with van der Waals surface area (Å²) in [6.45, 7) is 8.06. The summed E-state index contributed by atoms with van der Waals surface area (Å²) >= 11 is 0. The minimum Gasteiger partial charge on any atom is -0.324 e. The maximum atomic E-state index is 13.3. The molecule has 0 saturated carbocycles. The number of nitrogens with zero attached hydrogens (tertiary/aromatic N) is 1. The van der Waals surface area contributed by atoms with Crippen LogP contribution in [0, 0.1) is 13.8 Å². The second-order valence-corrected chi connectivity index (χ2v) is 8.84. The Morgan fingerprint density at radius 2 is 1.50 bits per heavy atom. The van der Waals surface area contributed by atoms with Crippen molar-refractivity contribution in [2.75, 3.05) is 18.4 Å². The fourth-order valence-corrected chi connectivity index (χ4v) is 4.55. The average molecular weight is 428 g/mol. The van der Waals surface area contributed by atoms with E-state index in [0.717, 1.165) is 28.9 Å². The zero-order valence-electron chi connectivity index (χ0n) is 19.1. The highest BCUT2D eigenvalue weighted by Gasteiger charge is 2.21. The van der Waals surface area contributed by atoms with Crippen LogP contribution in [0.4, 0.5) is 5.69 Å². The minimum atomic E-state index is -0.433. The topological polar surface area (TPSA) is 44.4 Å². The van der Waals surface area contributed by atoms with Gasteiger partial charge in [0.05, 0.1) is 0 Å². The summed E-state index contributed by atoms with van der Waals surface area (Å²) in [5, 5.41) is 6.66. The Labute approximate surface area is 191 Å². The molecular formula is C28H33N3O. The van der Waals surface area contributed by atoms with Crippen LogP contribution in [-0.2, 0) is 17.9 Å². The van der Waals surface area contributed by atoms with Crippen LogP contribution in [0.1, 0.15) is 46.7 Å². The number of hydrogen-bond acceptors (Lipinski definition) is 3. The zero-order valence-corrected chi connectivity index (χ0v) is 19.1. The van der Waals surface area contributed by atoms with Gasteiger partial charge in [0, 0.05) is 18.8 Å². The van der Waals surface area contributed by atoms with Crippen molar-refractivity contribution in [1.82, 2.24) is 10.2 Å². The molecule has 0 radical (unpaired) electrons. The summed E-state index contributed by atoms with van der Waals surface area (Å²) in [6, 6.07) is 24.2. The second kappa shape index (κ2) is 10.6. The lowest BCUT2D eigenvalue weighted by atomic mass is 10.0. The van der Waals surface area contributed by atoms with Crippen molar-refractivity contribution < 1.29 is 4.79 Å². The monoisotopic (exact) mass is 427 g/mol. The summed E-state index contributed by atoms with van der Waals surface area (Å²) < 4.78 is 0. The van der Waals surface area contributed by atoms with Crippen molar-refractivity contribution in [1.29, 1.82) is 0 Å². The first kappa shape index (κ1) is 22.3. The zero-order chi connectivity index (χ0) is 22.3. The number of nitrogens with one attached hydrogen (secondary N) is 2. The highest BCUT2D eigenvalue weighted by molar-refractivity contribution is 5.95. The van der Waals surface area contributed by atoms with Crippen LogP contribution in [0.3, 0.4) is 0 Å². The maximum Gasteiger partial charge on any atom is 0.246 e. The number of carbonyl (C=O) groups is 1. The van der Waals surface area contributed by atoms with Gasteiger partial charge in [-0.2, -0.15) is 0 Å². The van der Waals surface area contributed by atoms with Gasteiger partial charge in [0.25, 0.3) is 0 Å². The number of amides is 1. The van der Waals surface area contributed by atoms with Gasteiger partial charge in [0.15, 0.2) is 0 Å². The van der Waals surface area contributed by atoms with Crippen molar-refractivity contribution >= 4 is 11.6 Å². The summed E-state index contributed by atoms with van der Waals surface area (Å²) in [5.41, 5.74) is 6.67. The molecule has 1 fully saturated rings. The van der Waals surface area contributed by atoms with Gasteiger partial charge >= 0.3 is 0 Å². The quantitative estimate of drug-likeness (QED) is 0.508. The standard InChI is InChI=1S/C28H33N3O/c1-21-16-22(2)18-26(17-21)30-28(32)27(23-10-4-3-5-11-23)29-19-24-12-6-7-13-25(24)20-31-14-8-9-15-31/h3-7,10-13,16-18,27,29H,8-9,14-15,19-20H2,1-2H3,(H,30,32)/t27-/m1/s1. The molecule has 0 bridgehead atoms. The Morgan fingerprint density at radius 3 is 2.19 bits per heavy atom. The molecule has 1 aliphatic heterocycles. The smallest absolute Gasteiger partial charge is 0.246 e. The first-order valence-corrected chi connectivity index (χ1v) is 11.5. The van der Waals surface area contributed by atoms with E-state index in [-0.39, 0.29) is 5.91 Å². The van der Waals surface area contributed by atoms with E-state index in [1.807, 2.05) is 56.3 Å². The van der Waals surface area contributed by atoms with E-state index in [1.54, 1.807) is 0 Å². The SMILES string of the molecule is Cc1cc(C)cc(NC(=O)[C@H](NCc2ccccc2CN2CCCC2)c2ccccc2)c1. The van der Waals surface area contributed by atoms with E-state index in [0.29, 0.717) is 6.54 Å². The van der Waals surface area contributed by atoms with Crippen LogP contribution < -0.4 is 10.6 Å². The second-order valence-electron chi connectivity index (χ2n) is 8.84. The third-order valence-electron chi connectivity index (χ3n) is 6.09. The Balaban J connectivity index is 1.51. The molecule has 3 aromatic carbocycles. The Hall–Kier alpha value is -2.95.